The van der Waals surface area contributed by atoms with Crippen LogP contribution in [-0.4, -0.2) is 69.9 Å². The molecule has 0 bridgehead atoms. The molecule has 1 saturated heterocycles. The molecule has 3 aliphatic rings. The number of unbranched alkanes of at least 4 members (excludes halogenated alkanes) is 1. The van der Waals surface area contributed by atoms with E-state index in [1.807, 2.05) is 13.8 Å². The van der Waals surface area contributed by atoms with Crippen molar-refractivity contribution in [3.63, 3.8) is 0 Å². The fourth-order valence-electron chi connectivity index (χ4n) is 6.42. The lowest BCUT2D eigenvalue weighted by molar-refractivity contribution is -0.151. The first-order valence-corrected chi connectivity index (χ1v) is 14.2. The van der Waals surface area contributed by atoms with Crippen molar-refractivity contribution in [2.75, 3.05) is 6.54 Å². The van der Waals surface area contributed by atoms with E-state index in [4.69, 9.17) is 4.74 Å². The molecule has 2 saturated carbocycles. The summed E-state index contributed by atoms with van der Waals surface area (Å²) in [4.78, 5) is 65.9. The van der Waals surface area contributed by atoms with Gasteiger partial charge in [0, 0.05) is 6.54 Å². The second-order valence-electron chi connectivity index (χ2n) is 12.9. The number of fused-ring (bicyclic) bond motifs is 1. The maximum absolute atomic E-state index is 14.1. The van der Waals surface area contributed by atoms with E-state index in [1.165, 1.54) is 0 Å². The maximum atomic E-state index is 14.1. The molecule has 0 aromatic heterocycles. The number of aliphatic carboxylic acids is 1. The summed E-state index contributed by atoms with van der Waals surface area (Å²) in [5, 5.41) is 14.8. The van der Waals surface area contributed by atoms with Crippen molar-refractivity contribution in [2.45, 2.75) is 110 Å². The third kappa shape index (κ3) is 7.19. The highest BCUT2D eigenvalue weighted by Gasteiger charge is 2.69. The molecule has 1 heterocycles. The first kappa shape index (κ1) is 30.6. The van der Waals surface area contributed by atoms with Crippen LogP contribution in [0.3, 0.4) is 0 Å². The minimum atomic E-state index is -1.61. The van der Waals surface area contributed by atoms with Crippen LogP contribution < -0.4 is 10.6 Å². The Morgan fingerprint density at radius 3 is 2.31 bits per heavy atom. The van der Waals surface area contributed by atoms with Gasteiger partial charge in [0.1, 0.15) is 17.7 Å². The summed E-state index contributed by atoms with van der Waals surface area (Å²) >= 11 is 0. The Morgan fingerprint density at radius 1 is 1.10 bits per heavy atom. The van der Waals surface area contributed by atoms with E-state index in [9.17, 15) is 29.1 Å². The first-order chi connectivity index (χ1) is 18.2. The number of nitrogens with zero attached hydrogens (tertiary/aromatic N) is 1. The van der Waals surface area contributed by atoms with Crippen LogP contribution in [0.1, 0.15) is 86.0 Å². The molecule has 0 aromatic carbocycles. The lowest BCUT2D eigenvalue weighted by Gasteiger charge is -2.37. The summed E-state index contributed by atoms with van der Waals surface area (Å²) in [6.45, 7) is 13.4. The third-order valence-electron chi connectivity index (χ3n) is 8.56. The Hall–Kier alpha value is -2.91. The molecular weight excluding hydrogens is 502 g/mol. The lowest BCUT2D eigenvalue weighted by Crippen LogP contribution is -2.59. The van der Waals surface area contributed by atoms with Crippen molar-refractivity contribution in [3.8, 4) is 0 Å². The minimum Gasteiger partial charge on any atom is -0.475 e. The van der Waals surface area contributed by atoms with Gasteiger partial charge in [0.25, 0.3) is 5.78 Å². The number of alkyl carbamates (subject to hydrolysis) is 1. The molecule has 0 radical (unpaired) electrons. The van der Waals surface area contributed by atoms with Crippen molar-refractivity contribution in [3.05, 3.63) is 12.7 Å². The van der Waals surface area contributed by atoms with Crippen LogP contribution in [-0.2, 0) is 23.9 Å². The van der Waals surface area contributed by atoms with Gasteiger partial charge in [-0.2, -0.15) is 0 Å². The van der Waals surface area contributed by atoms with Gasteiger partial charge >= 0.3 is 12.1 Å². The Labute approximate surface area is 231 Å². The summed E-state index contributed by atoms with van der Waals surface area (Å²) in [5.41, 5.74) is -0.907. The topological polar surface area (TPSA) is 142 Å². The number of hydrogen-bond donors (Lipinski definition) is 3. The quantitative estimate of drug-likeness (QED) is 0.204. The Balaban J connectivity index is 1.84. The normalized spacial score (nSPS) is 25.6. The SMILES string of the molecule is C=CCCCC(NC(=O)C1C2C(CN1C(=O)C(NC(=O)OC(C)(C)C)C1CCCCC1)C2(C)C)C(=O)C(=O)O. The highest BCUT2D eigenvalue weighted by molar-refractivity contribution is 6.35. The Morgan fingerprint density at radius 2 is 1.74 bits per heavy atom. The predicted molar refractivity (Wildman–Crippen MR) is 145 cm³/mol. The zero-order chi connectivity index (χ0) is 29.1. The maximum Gasteiger partial charge on any atom is 0.408 e. The number of piperidine rings is 1. The van der Waals surface area contributed by atoms with Gasteiger partial charge in [-0.05, 0) is 76.0 Å². The average molecular weight is 548 g/mol. The van der Waals surface area contributed by atoms with Gasteiger partial charge in [-0.25, -0.2) is 9.59 Å². The summed E-state index contributed by atoms with van der Waals surface area (Å²) in [7, 11) is 0. The number of nitrogens with one attached hydrogen (secondary N) is 2. The second kappa shape index (κ2) is 12.1. The van der Waals surface area contributed by atoms with Gasteiger partial charge in [0.15, 0.2) is 0 Å². The Kier molecular flexibility index (Phi) is 9.49. The van der Waals surface area contributed by atoms with Crippen molar-refractivity contribution in [2.24, 2.45) is 23.2 Å². The van der Waals surface area contributed by atoms with Crippen LogP contribution in [0.4, 0.5) is 4.79 Å². The van der Waals surface area contributed by atoms with Crippen LogP contribution in [0.5, 0.6) is 0 Å². The van der Waals surface area contributed by atoms with E-state index < -0.39 is 47.5 Å². The fourth-order valence-corrected chi connectivity index (χ4v) is 6.42. The number of Topliss-reactive ketones (excluding diaryl/α,β-unsaturated/α-hetero) is 1. The highest BCUT2D eigenvalue weighted by Crippen LogP contribution is 2.65. The molecule has 3 amide bonds. The van der Waals surface area contributed by atoms with E-state index in [-0.39, 0.29) is 35.5 Å². The van der Waals surface area contributed by atoms with Crippen LogP contribution in [0, 0.1) is 23.2 Å². The number of ketones is 1. The van der Waals surface area contributed by atoms with Gasteiger partial charge in [0.05, 0.1) is 6.04 Å². The van der Waals surface area contributed by atoms with Crippen molar-refractivity contribution >= 4 is 29.7 Å². The van der Waals surface area contributed by atoms with Crippen LogP contribution >= 0.6 is 0 Å². The van der Waals surface area contributed by atoms with Crippen molar-refractivity contribution in [1.82, 2.24) is 15.5 Å². The molecule has 5 unspecified atom stereocenters. The number of carbonyl (C=O) groups is 5. The monoisotopic (exact) mass is 547 g/mol. The number of likely N-dealkylation sites (tertiary alicyclic amines) is 1. The molecule has 3 fully saturated rings. The van der Waals surface area contributed by atoms with Crippen LogP contribution in [0.2, 0.25) is 0 Å². The number of carbonyl (C=O) groups excluding carboxylic acids is 4. The molecule has 218 valence electrons. The molecular formula is C29H45N3O7. The summed E-state index contributed by atoms with van der Waals surface area (Å²) in [6.07, 6.45) is 6.77. The molecule has 0 aromatic rings. The van der Waals surface area contributed by atoms with E-state index in [1.54, 1.807) is 31.7 Å². The zero-order valence-corrected chi connectivity index (χ0v) is 24.0. The van der Waals surface area contributed by atoms with Gasteiger partial charge < -0.3 is 25.4 Å². The molecule has 10 heteroatoms. The summed E-state index contributed by atoms with van der Waals surface area (Å²) in [5.74, 6) is -3.65. The average Bonchev–Trinajstić information content (AvgIpc) is 3.17. The number of rotatable bonds is 11. The van der Waals surface area contributed by atoms with Crippen LogP contribution in [0.25, 0.3) is 0 Å². The standard InChI is InChI=1S/C29H45N3O7/c1-7-8-10-15-19(23(33)26(36)37)30-24(34)22-20-18(29(20,5)6)16-32(22)25(35)21(17-13-11-9-12-14-17)31-27(38)39-28(2,3)4/h7,17-22H,1,8-16H2,2-6H3,(H,30,34)(H,31,38)(H,36,37). The number of ether oxygens (including phenoxy) is 1. The van der Waals surface area contributed by atoms with Gasteiger partial charge in [-0.15, -0.1) is 6.58 Å². The van der Waals surface area contributed by atoms with E-state index in [0.29, 0.717) is 19.4 Å². The molecule has 2 aliphatic carbocycles. The number of allylic oxidation sites excluding steroid dienone is 1. The van der Waals surface area contributed by atoms with E-state index >= 15 is 0 Å². The molecule has 39 heavy (non-hydrogen) atoms. The molecule has 5 atom stereocenters. The minimum absolute atomic E-state index is 0.0762. The molecule has 3 rings (SSSR count). The van der Waals surface area contributed by atoms with Crippen molar-refractivity contribution in [1.29, 1.82) is 0 Å². The van der Waals surface area contributed by atoms with E-state index in [0.717, 1.165) is 32.1 Å². The predicted octanol–water partition coefficient (Wildman–Crippen LogP) is 3.44. The van der Waals surface area contributed by atoms with Gasteiger partial charge in [-0.3, -0.25) is 14.4 Å². The molecule has 0 spiro atoms. The third-order valence-corrected chi connectivity index (χ3v) is 8.56. The second-order valence-corrected chi connectivity index (χ2v) is 12.9. The van der Waals surface area contributed by atoms with E-state index in [2.05, 4.69) is 17.2 Å². The van der Waals surface area contributed by atoms with Crippen molar-refractivity contribution < 1.29 is 33.8 Å². The molecule has 3 N–H and O–H groups in total. The fraction of sp³-hybridized carbons (Fsp3) is 0.759. The number of amides is 3. The molecule has 1 aliphatic heterocycles. The summed E-state index contributed by atoms with van der Waals surface area (Å²) in [6, 6.07) is -2.88. The first-order valence-electron chi connectivity index (χ1n) is 14.2. The van der Waals surface area contributed by atoms with Crippen LogP contribution in [0.15, 0.2) is 12.7 Å². The number of carboxylic acids is 1. The van der Waals surface area contributed by atoms with Gasteiger partial charge in [0.2, 0.25) is 11.8 Å². The molecule has 10 nitrogen and oxygen atoms in total. The number of hydrogen-bond acceptors (Lipinski definition) is 6. The Bertz CT molecular complexity index is 980. The largest absolute Gasteiger partial charge is 0.475 e. The lowest BCUT2D eigenvalue weighted by atomic mass is 9.83. The zero-order valence-electron chi connectivity index (χ0n) is 24.0. The highest BCUT2D eigenvalue weighted by atomic mass is 16.6. The smallest absolute Gasteiger partial charge is 0.408 e. The summed E-state index contributed by atoms with van der Waals surface area (Å²) < 4.78 is 5.46. The van der Waals surface area contributed by atoms with Gasteiger partial charge in [-0.1, -0.05) is 39.2 Å². The number of carboxylic acid groups (broad SMARTS) is 1.